The van der Waals surface area contributed by atoms with Crippen molar-refractivity contribution in [3.8, 4) is 0 Å². The smallest absolute Gasteiger partial charge is 0.288 e. The van der Waals surface area contributed by atoms with Crippen molar-refractivity contribution in [2.24, 2.45) is 0 Å². The fourth-order valence-electron chi connectivity index (χ4n) is 2.15. The Kier molecular flexibility index (Phi) is 6.18. The summed E-state index contributed by atoms with van der Waals surface area (Å²) in [7, 11) is -3.27. The third-order valence-electron chi connectivity index (χ3n) is 3.50. The number of thioether (sulfide) groups is 1. The lowest BCUT2D eigenvalue weighted by molar-refractivity contribution is 0.0940. The third-order valence-corrected chi connectivity index (χ3v) is 5.35. The van der Waals surface area contributed by atoms with E-state index < -0.39 is 15.6 Å². The summed E-state index contributed by atoms with van der Waals surface area (Å²) in [6, 6.07) is 11.8. The second-order valence-corrected chi connectivity index (χ2v) is 8.52. The van der Waals surface area contributed by atoms with E-state index in [0.29, 0.717) is 22.2 Å². The molecule has 8 heteroatoms. The van der Waals surface area contributed by atoms with Gasteiger partial charge in [0.1, 0.15) is 0 Å². The lowest BCUT2D eigenvalue weighted by Gasteiger charge is -2.15. The average molecular weight is 385 g/mol. The number of amides is 1. The zero-order valence-electron chi connectivity index (χ0n) is 13.6. The second kappa shape index (κ2) is 7.97. The van der Waals surface area contributed by atoms with E-state index in [1.54, 1.807) is 19.1 Å². The van der Waals surface area contributed by atoms with Crippen LogP contribution in [0.3, 0.4) is 0 Å². The highest BCUT2D eigenvalue weighted by atomic mass is 32.2. The van der Waals surface area contributed by atoms with E-state index in [-0.39, 0.29) is 16.8 Å². The van der Waals surface area contributed by atoms with E-state index in [1.165, 1.54) is 36.4 Å². The van der Waals surface area contributed by atoms with Crippen molar-refractivity contribution in [3.05, 3.63) is 59.7 Å². The molecular formula is C17H17F2NO3S2. The first-order valence-corrected chi connectivity index (χ1v) is 10.1. The molecule has 0 saturated carbocycles. The Bertz CT molecular complexity index is 835. The molecule has 0 aliphatic rings. The Hall–Kier alpha value is -1.93. The Morgan fingerprint density at radius 2 is 1.60 bits per heavy atom. The zero-order valence-corrected chi connectivity index (χ0v) is 15.2. The molecule has 1 atom stereocenters. The van der Waals surface area contributed by atoms with Gasteiger partial charge in [-0.15, -0.1) is 0 Å². The molecule has 0 spiro atoms. The summed E-state index contributed by atoms with van der Waals surface area (Å²) < 4.78 is 47.5. The van der Waals surface area contributed by atoms with Gasteiger partial charge < -0.3 is 5.32 Å². The lowest BCUT2D eigenvalue weighted by atomic mass is 10.1. The molecule has 2 aromatic carbocycles. The predicted octanol–water partition coefficient (Wildman–Crippen LogP) is 3.90. The third kappa shape index (κ3) is 5.54. The molecule has 0 aliphatic carbocycles. The molecule has 2 aromatic rings. The monoisotopic (exact) mass is 385 g/mol. The minimum atomic E-state index is -3.27. The molecule has 134 valence electrons. The van der Waals surface area contributed by atoms with Crippen molar-refractivity contribution in [1.82, 2.24) is 5.32 Å². The first-order valence-electron chi connectivity index (χ1n) is 7.32. The molecule has 0 heterocycles. The average Bonchev–Trinajstić information content (AvgIpc) is 2.54. The van der Waals surface area contributed by atoms with Gasteiger partial charge in [-0.1, -0.05) is 23.9 Å². The molecule has 0 fully saturated rings. The van der Waals surface area contributed by atoms with Crippen molar-refractivity contribution in [2.45, 2.75) is 28.5 Å². The van der Waals surface area contributed by atoms with Crippen LogP contribution < -0.4 is 5.32 Å². The summed E-state index contributed by atoms with van der Waals surface area (Å²) in [4.78, 5) is 12.8. The quantitative estimate of drug-likeness (QED) is 0.766. The molecule has 2 rings (SSSR count). The Balaban J connectivity index is 2.04. The summed E-state index contributed by atoms with van der Waals surface area (Å²) in [5.41, 5.74) is 1.11. The summed E-state index contributed by atoms with van der Waals surface area (Å²) in [5.74, 6) is -2.84. The molecular weight excluding hydrogens is 368 g/mol. The Morgan fingerprint density at radius 1 is 1.04 bits per heavy atom. The fourth-order valence-corrected chi connectivity index (χ4v) is 3.28. The number of hydrogen-bond acceptors (Lipinski definition) is 4. The molecule has 1 N–H and O–H groups in total. The van der Waals surface area contributed by atoms with Crippen LogP contribution in [0.5, 0.6) is 0 Å². The number of alkyl halides is 2. The summed E-state index contributed by atoms with van der Waals surface area (Å²) in [6.07, 6.45) is 1.13. The maximum absolute atomic E-state index is 12.3. The van der Waals surface area contributed by atoms with E-state index in [0.717, 1.165) is 11.8 Å². The summed E-state index contributed by atoms with van der Waals surface area (Å²) >= 11 is 0.419. The van der Waals surface area contributed by atoms with E-state index in [1.807, 2.05) is 0 Å². The van der Waals surface area contributed by atoms with Crippen LogP contribution in [0.1, 0.15) is 28.9 Å². The van der Waals surface area contributed by atoms with Gasteiger partial charge in [0, 0.05) is 16.7 Å². The molecule has 25 heavy (non-hydrogen) atoms. The first-order chi connectivity index (χ1) is 11.7. The number of hydrogen-bond donors (Lipinski definition) is 1. The SMILES string of the molecule is CC(NC(=O)c1ccc(SC(F)F)cc1)c1ccc(S(C)(=O)=O)cc1. The summed E-state index contributed by atoms with van der Waals surface area (Å²) in [6.45, 7) is 1.77. The van der Waals surface area contributed by atoms with Gasteiger partial charge in [-0.25, -0.2) is 8.42 Å². The van der Waals surface area contributed by atoms with Gasteiger partial charge in [0.25, 0.3) is 11.7 Å². The molecule has 0 radical (unpaired) electrons. The van der Waals surface area contributed by atoms with Gasteiger partial charge in [0.2, 0.25) is 0 Å². The molecule has 0 aliphatic heterocycles. The van der Waals surface area contributed by atoms with E-state index >= 15 is 0 Å². The second-order valence-electron chi connectivity index (χ2n) is 5.44. The van der Waals surface area contributed by atoms with Crippen molar-refractivity contribution in [1.29, 1.82) is 0 Å². The van der Waals surface area contributed by atoms with Gasteiger partial charge >= 0.3 is 0 Å². The van der Waals surface area contributed by atoms with Gasteiger partial charge in [-0.3, -0.25) is 4.79 Å². The van der Waals surface area contributed by atoms with Crippen molar-refractivity contribution in [2.75, 3.05) is 6.26 Å². The van der Waals surface area contributed by atoms with Crippen molar-refractivity contribution in [3.63, 3.8) is 0 Å². The van der Waals surface area contributed by atoms with Crippen LogP contribution >= 0.6 is 11.8 Å². The maximum Gasteiger partial charge on any atom is 0.288 e. The number of halogens is 2. The van der Waals surface area contributed by atoms with Crippen LogP contribution in [0.15, 0.2) is 58.3 Å². The number of benzene rings is 2. The minimum Gasteiger partial charge on any atom is -0.346 e. The van der Waals surface area contributed by atoms with Crippen LogP contribution in [0.25, 0.3) is 0 Å². The van der Waals surface area contributed by atoms with E-state index in [4.69, 9.17) is 0 Å². The Labute approximate surface area is 149 Å². The van der Waals surface area contributed by atoms with E-state index in [2.05, 4.69) is 5.32 Å². The standard InChI is InChI=1S/C17H17F2NO3S2/c1-11(12-5-9-15(10-6-12)25(2,22)23)20-16(21)13-3-7-14(8-4-13)24-17(18)19/h3-11,17H,1-2H3,(H,20,21). The van der Waals surface area contributed by atoms with Crippen LogP contribution in [0.2, 0.25) is 0 Å². The highest BCUT2D eigenvalue weighted by Gasteiger charge is 2.13. The van der Waals surface area contributed by atoms with Crippen LogP contribution in [0, 0.1) is 0 Å². The zero-order chi connectivity index (χ0) is 18.6. The normalized spacial score (nSPS) is 12.8. The molecule has 1 unspecified atom stereocenters. The van der Waals surface area contributed by atoms with Gasteiger partial charge in [-0.05, 0) is 48.9 Å². The topological polar surface area (TPSA) is 63.2 Å². The molecule has 4 nitrogen and oxygen atoms in total. The van der Waals surface area contributed by atoms with Crippen LogP contribution in [0.4, 0.5) is 8.78 Å². The minimum absolute atomic E-state index is 0.210. The van der Waals surface area contributed by atoms with Crippen LogP contribution in [-0.4, -0.2) is 26.3 Å². The number of nitrogens with one attached hydrogen (secondary N) is 1. The van der Waals surface area contributed by atoms with Crippen molar-refractivity contribution < 1.29 is 22.0 Å². The number of rotatable bonds is 6. The van der Waals surface area contributed by atoms with Gasteiger partial charge in [0.05, 0.1) is 10.9 Å². The fraction of sp³-hybridized carbons (Fsp3) is 0.235. The molecule has 1 amide bonds. The van der Waals surface area contributed by atoms with E-state index in [9.17, 15) is 22.0 Å². The molecule has 0 aromatic heterocycles. The van der Waals surface area contributed by atoms with Crippen LogP contribution in [-0.2, 0) is 9.84 Å². The largest absolute Gasteiger partial charge is 0.346 e. The van der Waals surface area contributed by atoms with Crippen molar-refractivity contribution >= 4 is 27.5 Å². The maximum atomic E-state index is 12.3. The van der Waals surface area contributed by atoms with Gasteiger partial charge in [-0.2, -0.15) is 8.78 Å². The Morgan fingerprint density at radius 3 is 2.08 bits per heavy atom. The molecule has 0 bridgehead atoms. The number of carbonyl (C=O) groups excluding carboxylic acids is 1. The molecule has 0 saturated heterocycles. The summed E-state index contributed by atoms with van der Waals surface area (Å²) in [5, 5.41) is 2.79. The lowest BCUT2D eigenvalue weighted by Crippen LogP contribution is -2.26. The van der Waals surface area contributed by atoms with Gasteiger partial charge in [0.15, 0.2) is 9.84 Å². The number of carbonyl (C=O) groups is 1. The number of sulfone groups is 1. The highest BCUT2D eigenvalue weighted by Crippen LogP contribution is 2.25. The highest BCUT2D eigenvalue weighted by molar-refractivity contribution is 7.99. The first kappa shape index (κ1) is 19.4. The predicted molar refractivity (Wildman–Crippen MR) is 93.7 cm³/mol.